The van der Waals surface area contributed by atoms with E-state index in [0.717, 1.165) is 6.54 Å². The monoisotopic (exact) mass is 186 g/mol. The highest BCUT2D eigenvalue weighted by molar-refractivity contribution is 5.66. The minimum atomic E-state index is -0.321. The molecule has 76 valence electrons. The van der Waals surface area contributed by atoms with Crippen molar-refractivity contribution in [1.29, 1.82) is 0 Å². The maximum absolute atomic E-state index is 10.8. The zero-order valence-corrected chi connectivity index (χ0v) is 8.14. The second-order valence-electron chi connectivity index (χ2n) is 3.23. The SMILES string of the molecule is CCOC(=O)NCCNC1CCC1. The standard InChI is InChI=1S/C9H18N2O2/c1-2-13-9(12)11-7-6-10-8-4-3-5-8/h8,10H,2-7H2,1H3,(H,11,12). The first-order chi connectivity index (χ1) is 6.33. The molecule has 0 unspecified atom stereocenters. The summed E-state index contributed by atoms with van der Waals surface area (Å²) in [5.41, 5.74) is 0. The van der Waals surface area contributed by atoms with Crippen LogP contribution in [0.3, 0.4) is 0 Å². The van der Waals surface area contributed by atoms with E-state index in [4.69, 9.17) is 4.74 Å². The van der Waals surface area contributed by atoms with Gasteiger partial charge in [-0.05, 0) is 19.8 Å². The minimum absolute atomic E-state index is 0.321. The van der Waals surface area contributed by atoms with E-state index in [1.165, 1.54) is 19.3 Å². The summed E-state index contributed by atoms with van der Waals surface area (Å²) in [7, 11) is 0. The van der Waals surface area contributed by atoms with Crippen LogP contribution in [0.5, 0.6) is 0 Å². The largest absolute Gasteiger partial charge is 0.450 e. The first-order valence-corrected chi connectivity index (χ1v) is 4.97. The van der Waals surface area contributed by atoms with Crippen LogP contribution in [-0.4, -0.2) is 31.8 Å². The Bertz CT molecular complexity index is 158. The van der Waals surface area contributed by atoms with Gasteiger partial charge >= 0.3 is 6.09 Å². The van der Waals surface area contributed by atoms with Crippen LogP contribution in [0.4, 0.5) is 4.79 Å². The molecule has 1 fully saturated rings. The van der Waals surface area contributed by atoms with Gasteiger partial charge in [-0.25, -0.2) is 4.79 Å². The summed E-state index contributed by atoms with van der Waals surface area (Å²) in [5, 5.41) is 6.01. The fourth-order valence-corrected chi connectivity index (χ4v) is 1.24. The van der Waals surface area contributed by atoms with Crippen LogP contribution >= 0.6 is 0 Å². The Kier molecular flexibility index (Phi) is 4.60. The Morgan fingerprint density at radius 1 is 1.46 bits per heavy atom. The number of ether oxygens (including phenoxy) is 1. The molecule has 0 radical (unpaired) electrons. The van der Waals surface area contributed by atoms with Gasteiger partial charge in [0.05, 0.1) is 6.61 Å². The van der Waals surface area contributed by atoms with Crippen LogP contribution in [-0.2, 0) is 4.74 Å². The van der Waals surface area contributed by atoms with Gasteiger partial charge < -0.3 is 15.4 Å². The van der Waals surface area contributed by atoms with E-state index in [-0.39, 0.29) is 6.09 Å². The third-order valence-electron chi connectivity index (χ3n) is 2.21. The summed E-state index contributed by atoms with van der Waals surface area (Å²) in [6.45, 7) is 3.72. The van der Waals surface area contributed by atoms with Crippen LogP contribution in [0, 0.1) is 0 Å². The molecular weight excluding hydrogens is 168 g/mol. The molecule has 0 aromatic rings. The van der Waals surface area contributed by atoms with Crippen LogP contribution in [0.15, 0.2) is 0 Å². The molecule has 0 aliphatic heterocycles. The van der Waals surface area contributed by atoms with Crippen LogP contribution in [0.2, 0.25) is 0 Å². The Morgan fingerprint density at radius 2 is 2.23 bits per heavy atom. The molecule has 2 N–H and O–H groups in total. The van der Waals surface area contributed by atoms with Crippen molar-refractivity contribution in [2.75, 3.05) is 19.7 Å². The molecule has 1 aliphatic rings. The van der Waals surface area contributed by atoms with Gasteiger partial charge in [-0.15, -0.1) is 0 Å². The molecule has 0 aromatic heterocycles. The third kappa shape index (κ3) is 4.12. The maximum Gasteiger partial charge on any atom is 0.407 e. The predicted molar refractivity (Wildman–Crippen MR) is 50.7 cm³/mol. The van der Waals surface area contributed by atoms with Gasteiger partial charge in [0.2, 0.25) is 0 Å². The number of nitrogens with one attached hydrogen (secondary N) is 2. The first kappa shape index (κ1) is 10.3. The second kappa shape index (κ2) is 5.80. The number of hydrogen-bond donors (Lipinski definition) is 2. The van der Waals surface area contributed by atoms with Crippen molar-refractivity contribution in [3.05, 3.63) is 0 Å². The molecule has 13 heavy (non-hydrogen) atoms. The summed E-state index contributed by atoms with van der Waals surface area (Å²) in [5.74, 6) is 0. The highest BCUT2D eigenvalue weighted by atomic mass is 16.5. The number of carbonyl (C=O) groups is 1. The van der Waals surface area contributed by atoms with Crippen molar-refractivity contribution in [3.8, 4) is 0 Å². The van der Waals surface area contributed by atoms with Crippen molar-refractivity contribution in [2.24, 2.45) is 0 Å². The maximum atomic E-state index is 10.8. The zero-order valence-electron chi connectivity index (χ0n) is 8.14. The Morgan fingerprint density at radius 3 is 2.77 bits per heavy atom. The van der Waals surface area contributed by atoms with Gasteiger partial charge in [0, 0.05) is 19.1 Å². The van der Waals surface area contributed by atoms with E-state index in [0.29, 0.717) is 19.2 Å². The first-order valence-electron chi connectivity index (χ1n) is 4.97. The molecule has 0 atom stereocenters. The van der Waals surface area contributed by atoms with Gasteiger partial charge in [-0.2, -0.15) is 0 Å². The van der Waals surface area contributed by atoms with E-state index >= 15 is 0 Å². The van der Waals surface area contributed by atoms with Gasteiger partial charge in [0.15, 0.2) is 0 Å². The molecule has 0 heterocycles. The molecule has 0 saturated heterocycles. The van der Waals surface area contributed by atoms with Crippen molar-refractivity contribution in [3.63, 3.8) is 0 Å². The van der Waals surface area contributed by atoms with E-state index in [1.807, 2.05) is 0 Å². The average Bonchev–Trinajstić information content (AvgIpc) is 2.01. The van der Waals surface area contributed by atoms with E-state index in [1.54, 1.807) is 6.92 Å². The number of amides is 1. The van der Waals surface area contributed by atoms with Crippen LogP contribution in [0.1, 0.15) is 26.2 Å². The molecule has 0 spiro atoms. The smallest absolute Gasteiger partial charge is 0.407 e. The molecule has 1 rings (SSSR count). The topological polar surface area (TPSA) is 50.4 Å². The molecule has 1 aliphatic carbocycles. The molecule has 4 nitrogen and oxygen atoms in total. The molecular formula is C9H18N2O2. The Balaban J connectivity index is 1.85. The summed E-state index contributed by atoms with van der Waals surface area (Å²) < 4.78 is 4.71. The predicted octanol–water partition coefficient (Wildman–Crippen LogP) is 0.875. The quantitative estimate of drug-likeness (QED) is 0.626. The van der Waals surface area contributed by atoms with E-state index in [2.05, 4.69) is 10.6 Å². The van der Waals surface area contributed by atoms with Crippen molar-refractivity contribution >= 4 is 6.09 Å². The Labute approximate surface area is 79.0 Å². The minimum Gasteiger partial charge on any atom is -0.450 e. The fourth-order valence-electron chi connectivity index (χ4n) is 1.24. The van der Waals surface area contributed by atoms with Gasteiger partial charge in [-0.3, -0.25) is 0 Å². The van der Waals surface area contributed by atoms with E-state index in [9.17, 15) is 4.79 Å². The Hall–Kier alpha value is -0.770. The highest BCUT2D eigenvalue weighted by Crippen LogP contribution is 2.17. The second-order valence-corrected chi connectivity index (χ2v) is 3.23. The van der Waals surface area contributed by atoms with E-state index < -0.39 is 0 Å². The lowest BCUT2D eigenvalue weighted by Crippen LogP contribution is -2.40. The van der Waals surface area contributed by atoms with Crippen molar-refractivity contribution in [1.82, 2.24) is 10.6 Å². The molecule has 1 amide bonds. The van der Waals surface area contributed by atoms with Crippen molar-refractivity contribution < 1.29 is 9.53 Å². The average molecular weight is 186 g/mol. The zero-order chi connectivity index (χ0) is 9.52. The van der Waals surface area contributed by atoms with Crippen LogP contribution in [0.25, 0.3) is 0 Å². The van der Waals surface area contributed by atoms with Gasteiger partial charge in [0.25, 0.3) is 0 Å². The van der Waals surface area contributed by atoms with Crippen molar-refractivity contribution in [2.45, 2.75) is 32.2 Å². The number of rotatable bonds is 5. The number of carbonyl (C=O) groups excluding carboxylic acids is 1. The van der Waals surface area contributed by atoms with Gasteiger partial charge in [-0.1, -0.05) is 6.42 Å². The third-order valence-corrected chi connectivity index (χ3v) is 2.21. The summed E-state index contributed by atoms with van der Waals surface area (Å²) in [6, 6.07) is 0.684. The van der Waals surface area contributed by atoms with Crippen LogP contribution < -0.4 is 10.6 Å². The normalized spacial score (nSPS) is 16.4. The molecule has 4 heteroatoms. The highest BCUT2D eigenvalue weighted by Gasteiger charge is 2.15. The lowest BCUT2D eigenvalue weighted by atomic mass is 9.93. The lowest BCUT2D eigenvalue weighted by Gasteiger charge is -2.26. The molecule has 0 bridgehead atoms. The molecule has 0 aromatic carbocycles. The summed E-state index contributed by atoms with van der Waals surface area (Å²) in [4.78, 5) is 10.8. The number of hydrogen-bond acceptors (Lipinski definition) is 3. The summed E-state index contributed by atoms with van der Waals surface area (Å²) in [6.07, 6.45) is 3.57. The lowest BCUT2D eigenvalue weighted by molar-refractivity contribution is 0.152. The fraction of sp³-hybridized carbons (Fsp3) is 0.889. The van der Waals surface area contributed by atoms with Gasteiger partial charge in [0.1, 0.15) is 0 Å². The molecule has 1 saturated carbocycles. The summed E-state index contributed by atoms with van der Waals surface area (Å²) >= 11 is 0. The number of alkyl carbamates (subject to hydrolysis) is 1.